The fourth-order valence-corrected chi connectivity index (χ4v) is 3.37. The Kier molecular flexibility index (Phi) is 4.82. The topological polar surface area (TPSA) is 79.5 Å². The molecule has 1 aromatic heterocycles. The lowest BCUT2D eigenvalue weighted by molar-refractivity contribution is -0.138. The Morgan fingerprint density at radius 2 is 2.19 bits per heavy atom. The lowest BCUT2D eigenvalue weighted by Gasteiger charge is -2.39. The highest BCUT2D eigenvalue weighted by molar-refractivity contribution is 7.17. The third kappa shape index (κ3) is 3.18. The average Bonchev–Trinajstić information content (AvgIpc) is 2.78. The van der Waals surface area contributed by atoms with Crippen LogP contribution in [0.15, 0.2) is 0 Å². The van der Waals surface area contributed by atoms with E-state index in [-0.39, 0.29) is 17.9 Å². The monoisotopic (exact) mass is 310 g/mol. The zero-order valence-electron chi connectivity index (χ0n) is 12.8. The summed E-state index contributed by atoms with van der Waals surface area (Å²) >= 11 is 1.19. The lowest BCUT2D eigenvalue weighted by Crippen LogP contribution is -2.57. The summed E-state index contributed by atoms with van der Waals surface area (Å²) in [7, 11) is 1.79. The van der Waals surface area contributed by atoms with E-state index in [1.807, 2.05) is 0 Å². The number of nitrogens with two attached hydrogens (primary N) is 1. The quantitative estimate of drug-likeness (QED) is 0.914. The maximum atomic E-state index is 12.7. The molecule has 7 heteroatoms. The molecule has 6 nitrogen and oxygen atoms in total. The number of likely N-dealkylation sites (N-methyl/N-ethyl adjacent to an activating group) is 1. The third-order valence-corrected chi connectivity index (χ3v) is 4.79. The number of unbranched alkanes of at least 4 members (excludes halogenated alkanes) is 1. The first kappa shape index (κ1) is 15.8. The molecule has 0 saturated carbocycles. The molecule has 1 fully saturated rings. The normalized spacial score (nSPS) is 19.2. The fourth-order valence-electron chi connectivity index (χ4n) is 2.58. The number of thiazole rings is 1. The summed E-state index contributed by atoms with van der Waals surface area (Å²) in [6, 6.07) is -0.362. The van der Waals surface area contributed by atoms with Crippen molar-refractivity contribution in [2.45, 2.75) is 39.2 Å². The molecule has 1 aliphatic rings. The van der Waals surface area contributed by atoms with Crippen LogP contribution in [0.4, 0.5) is 5.13 Å². The molecule has 0 bridgehead atoms. The fraction of sp³-hybridized carbons (Fsp3) is 0.643. The Hall–Kier alpha value is -1.63. The molecular formula is C14H22N4O2S. The zero-order valence-corrected chi connectivity index (χ0v) is 13.6. The van der Waals surface area contributed by atoms with Gasteiger partial charge in [-0.05, 0) is 13.3 Å². The number of carbonyl (C=O) groups excluding carboxylic acids is 2. The molecule has 0 spiro atoms. The van der Waals surface area contributed by atoms with Gasteiger partial charge in [0.25, 0.3) is 5.91 Å². The number of nitrogen functional groups attached to an aromatic ring is 1. The van der Waals surface area contributed by atoms with Gasteiger partial charge in [-0.25, -0.2) is 4.98 Å². The van der Waals surface area contributed by atoms with Crippen molar-refractivity contribution < 1.29 is 9.59 Å². The van der Waals surface area contributed by atoms with Crippen LogP contribution in [0, 0.1) is 6.92 Å². The standard InChI is InChI=1S/C14H22N4O2S/c1-4-5-6-10-12(19)17(3)7-8-18(10)13(20)11-9(2)16-14(15)21-11/h10H,4-8H2,1-3H3,(H2,15,16). The molecule has 1 saturated heterocycles. The Morgan fingerprint density at radius 1 is 1.48 bits per heavy atom. The van der Waals surface area contributed by atoms with Crippen molar-refractivity contribution in [2.75, 3.05) is 25.9 Å². The number of rotatable bonds is 4. The van der Waals surface area contributed by atoms with Crippen LogP contribution < -0.4 is 5.73 Å². The van der Waals surface area contributed by atoms with Gasteiger partial charge in [-0.2, -0.15) is 0 Å². The molecule has 0 radical (unpaired) electrons. The van der Waals surface area contributed by atoms with Gasteiger partial charge >= 0.3 is 0 Å². The highest BCUT2D eigenvalue weighted by Gasteiger charge is 2.36. The lowest BCUT2D eigenvalue weighted by atomic mass is 10.0. The third-order valence-electron chi connectivity index (χ3n) is 3.81. The number of carbonyl (C=O) groups is 2. The summed E-state index contributed by atoms with van der Waals surface area (Å²) in [5.74, 6) is -0.0950. The SMILES string of the molecule is CCCCC1C(=O)N(C)CCN1C(=O)c1sc(N)nc1C. The van der Waals surface area contributed by atoms with E-state index in [0.29, 0.717) is 35.2 Å². The minimum atomic E-state index is -0.362. The summed E-state index contributed by atoms with van der Waals surface area (Å²) in [5, 5.41) is 0.390. The maximum Gasteiger partial charge on any atom is 0.266 e. The number of amides is 2. The average molecular weight is 310 g/mol. The first-order valence-corrected chi connectivity index (χ1v) is 8.06. The summed E-state index contributed by atoms with van der Waals surface area (Å²) in [4.78, 5) is 33.1. The van der Waals surface area contributed by atoms with Crippen molar-refractivity contribution in [3.63, 3.8) is 0 Å². The van der Waals surface area contributed by atoms with E-state index in [4.69, 9.17) is 5.73 Å². The number of anilines is 1. The maximum absolute atomic E-state index is 12.7. The summed E-state index contributed by atoms with van der Waals surface area (Å²) < 4.78 is 0. The highest BCUT2D eigenvalue weighted by Crippen LogP contribution is 2.25. The largest absolute Gasteiger partial charge is 0.375 e. The van der Waals surface area contributed by atoms with Crippen LogP contribution in [0.5, 0.6) is 0 Å². The second-order valence-corrected chi connectivity index (χ2v) is 6.41. The second-order valence-electron chi connectivity index (χ2n) is 5.38. The van der Waals surface area contributed by atoms with E-state index in [0.717, 1.165) is 12.8 Å². The zero-order chi connectivity index (χ0) is 15.6. The van der Waals surface area contributed by atoms with Crippen LogP contribution >= 0.6 is 11.3 Å². The minimum absolute atomic E-state index is 0.0261. The molecule has 116 valence electrons. The van der Waals surface area contributed by atoms with Crippen molar-refractivity contribution in [1.82, 2.24) is 14.8 Å². The van der Waals surface area contributed by atoms with Gasteiger partial charge < -0.3 is 15.5 Å². The Morgan fingerprint density at radius 3 is 2.76 bits per heavy atom. The predicted molar refractivity (Wildman–Crippen MR) is 83.2 cm³/mol. The summed E-state index contributed by atoms with van der Waals surface area (Å²) in [6.45, 7) is 4.99. The van der Waals surface area contributed by atoms with Gasteiger partial charge in [0.05, 0.1) is 5.69 Å². The molecule has 0 aliphatic carbocycles. The molecular weight excluding hydrogens is 288 g/mol. The molecule has 2 N–H and O–H groups in total. The van der Waals surface area contributed by atoms with Crippen molar-refractivity contribution in [3.8, 4) is 0 Å². The van der Waals surface area contributed by atoms with Crippen LogP contribution in [-0.2, 0) is 4.79 Å². The molecule has 2 amide bonds. The van der Waals surface area contributed by atoms with Crippen molar-refractivity contribution in [2.24, 2.45) is 0 Å². The van der Waals surface area contributed by atoms with Gasteiger partial charge in [0.2, 0.25) is 5.91 Å². The molecule has 1 aromatic rings. The van der Waals surface area contributed by atoms with Gasteiger partial charge in [-0.15, -0.1) is 0 Å². The van der Waals surface area contributed by atoms with E-state index in [9.17, 15) is 9.59 Å². The molecule has 2 rings (SSSR count). The number of nitrogens with zero attached hydrogens (tertiary/aromatic N) is 3. The van der Waals surface area contributed by atoms with E-state index < -0.39 is 0 Å². The van der Waals surface area contributed by atoms with E-state index in [1.54, 1.807) is 23.8 Å². The van der Waals surface area contributed by atoms with E-state index in [2.05, 4.69) is 11.9 Å². The predicted octanol–water partition coefficient (Wildman–Crippen LogP) is 1.51. The number of piperazine rings is 1. The van der Waals surface area contributed by atoms with Gasteiger partial charge in [0.1, 0.15) is 10.9 Å². The first-order chi connectivity index (χ1) is 9.95. The van der Waals surface area contributed by atoms with Crippen LogP contribution in [0.3, 0.4) is 0 Å². The molecule has 1 aliphatic heterocycles. The van der Waals surface area contributed by atoms with Crippen LogP contribution in [0.25, 0.3) is 0 Å². The number of aromatic nitrogens is 1. The molecule has 0 aromatic carbocycles. The van der Waals surface area contributed by atoms with Gasteiger partial charge in [0.15, 0.2) is 5.13 Å². The number of hydrogen-bond donors (Lipinski definition) is 1. The van der Waals surface area contributed by atoms with Crippen molar-refractivity contribution >= 4 is 28.3 Å². The minimum Gasteiger partial charge on any atom is -0.375 e. The van der Waals surface area contributed by atoms with Gasteiger partial charge in [-0.1, -0.05) is 31.1 Å². The molecule has 2 heterocycles. The molecule has 1 atom stereocenters. The van der Waals surface area contributed by atoms with Crippen LogP contribution in [0.1, 0.15) is 41.6 Å². The van der Waals surface area contributed by atoms with Gasteiger partial charge in [0, 0.05) is 20.1 Å². The second kappa shape index (κ2) is 6.43. The van der Waals surface area contributed by atoms with E-state index in [1.165, 1.54) is 11.3 Å². The van der Waals surface area contributed by atoms with Gasteiger partial charge in [-0.3, -0.25) is 9.59 Å². The number of hydrogen-bond acceptors (Lipinski definition) is 5. The van der Waals surface area contributed by atoms with E-state index >= 15 is 0 Å². The van der Waals surface area contributed by atoms with Crippen molar-refractivity contribution in [1.29, 1.82) is 0 Å². The smallest absolute Gasteiger partial charge is 0.266 e. The van der Waals surface area contributed by atoms with Crippen molar-refractivity contribution in [3.05, 3.63) is 10.6 Å². The summed E-state index contributed by atoms with van der Waals surface area (Å²) in [5.41, 5.74) is 6.31. The Labute approximate surface area is 128 Å². The van der Waals surface area contributed by atoms with Crippen LogP contribution in [-0.4, -0.2) is 52.8 Å². The molecule has 1 unspecified atom stereocenters. The first-order valence-electron chi connectivity index (χ1n) is 7.24. The molecule has 21 heavy (non-hydrogen) atoms. The summed E-state index contributed by atoms with van der Waals surface area (Å²) in [6.07, 6.45) is 2.64. The number of aryl methyl sites for hydroxylation is 1. The Bertz CT molecular complexity index is 543. The Balaban J connectivity index is 2.24. The highest BCUT2D eigenvalue weighted by atomic mass is 32.1. The van der Waals surface area contributed by atoms with Crippen LogP contribution in [0.2, 0.25) is 0 Å².